The summed E-state index contributed by atoms with van der Waals surface area (Å²) in [6.45, 7) is 6.52. The normalized spacial score (nSPS) is 21.2. The Morgan fingerprint density at radius 3 is 2.28 bits per heavy atom. The van der Waals surface area contributed by atoms with Crippen LogP contribution in [-0.4, -0.2) is 38.4 Å². The van der Waals surface area contributed by atoms with Crippen molar-refractivity contribution in [1.29, 1.82) is 0 Å². The van der Waals surface area contributed by atoms with E-state index in [1.54, 1.807) is 16.9 Å². The van der Waals surface area contributed by atoms with Crippen LogP contribution in [-0.2, 0) is 20.9 Å². The number of nitrogens with one attached hydrogen (secondary N) is 1. The molecular formula is C25H30N4O3. The molecule has 2 heterocycles. The minimum absolute atomic E-state index is 0.143. The first-order chi connectivity index (χ1) is 15.3. The number of imide groups is 1. The molecule has 1 aliphatic heterocycles. The van der Waals surface area contributed by atoms with Crippen LogP contribution in [0.4, 0.5) is 5.82 Å². The maximum atomic E-state index is 13.4. The third-order valence-corrected chi connectivity index (χ3v) is 6.27. The van der Waals surface area contributed by atoms with Crippen LogP contribution in [0.5, 0.6) is 0 Å². The van der Waals surface area contributed by atoms with E-state index in [1.807, 2.05) is 57.2 Å². The van der Waals surface area contributed by atoms with Crippen molar-refractivity contribution in [3.8, 4) is 0 Å². The monoisotopic (exact) mass is 434 g/mol. The minimum Gasteiger partial charge on any atom is -0.309 e. The Morgan fingerprint density at radius 1 is 1.06 bits per heavy atom. The van der Waals surface area contributed by atoms with E-state index in [4.69, 9.17) is 0 Å². The Kier molecular flexibility index (Phi) is 6.26. The molecule has 7 nitrogen and oxygen atoms in total. The molecule has 0 radical (unpaired) electrons. The van der Waals surface area contributed by atoms with Gasteiger partial charge in [-0.05, 0) is 37.7 Å². The molecule has 1 fully saturated rings. The van der Waals surface area contributed by atoms with Crippen LogP contribution in [0, 0.1) is 24.7 Å². The van der Waals surface area contributed by atoms with Gasteiger partial charge in [-0.3, -0.25) is 19.3 Å². The zero-order valence-corrected chi connectivity index (χ0v) is 18.8. The van der Waals surface area contributed by atoms with Gasteiger partial charge in [-0.25, -0.2) is 4.68 Å². The number of amides is 3. The van der Waals surface area contributed by atoms with Gasteiger partial charge in [0.05, 0.1) is 24.6 Å². The maximum absolute atomic E-state index is 13.4. The third-order valence-electron chi connectivity index (χ3n) is 6.27. The summed E-state index contributed by atoms with van der Waals surface area (Å²) in [5, 5.41) is 7.27. The molecule has 32 heavy (non-hydrogen) atoms. The predicted molar refractivity (Wildman–Crippen MR) is 122 cm³/mol. The van der Waals surface area contributed by atoms with E-state index >= 15 is 0 Å². The van der Waals surface area contributed by atoms with Gasteiger partial charge in [-0.15, -0.1) is 0 Å². The van der Waals surface area contributed by atoms with Gasteiger partial charge in [-0.2, -0.15) is 5.10 Å². The highest BCUT2D eigenvalue weighted by molar-refractivity contribution is 6.10. The number of fused-ring (bicyclic) bond motifs is 1. The number of benzene rings is 1. The number of anilines is 1. The first kappa shape index (κ1) is 22.0. The lowest BCUT2D eigenvalue weighted by atomic mass is 9.85. The molecule has 1 aliphatic carbocycles. The number of hydrogen-bond donors (Lipinski definition) is 1. The number of likely N-dealkylation sites (tertiary alicyclic amines) is 1. The molecule has 3 amide bonds. The number of hydrogen-bond acceptors (Lipinski definition) is 4. The number of rotatable bonds is 7. The average Bonchev–Trinajstić information content (AvgIpc) is 3.30. The SMILES string of the molecule is Cc1ccc(Cn2nccc2NC(=O)C(CC(C)C)N2C(=O)C3CC=CCC3C2=O)cc1. The third kappa shape index (κ3) is 4.38. The number of nitrogens with zero attached hydrogens (tertiary/aromatic N) is 3. The molecule has 1 saturated heterocycles. The number of carbonyl (C=O) groups excluding carboxylic acids is 3. The Hall–Kier alpha value is -3.22. The van der Waals surface area contributed by atoms with Gasteiger partial charge in [0.2, 0.25) is 17.7 Å². The van der Waals surface area contributed by atoms with Crippen molar-refractivity contribution >= 4 is 23.5 Å². The summed E-state index contributed by atoms with van der Waals surface area (Å²) in [7, 11) is 0. The molecule has 1 aromatic heterocycles. The lowest BCUT2D eigenvalue weighted by Crippen LogP contribution is -2.48. The van der Waals surface area contributed by atoms with Gasteiger partial charge >= 0.3 is 0 Å². The number of carbonyl (C=O) groups is 3. The Bertz CT molecular complexity index is 1010. The van der Waals surface area contributed by atoms with Crippen molar-refractivity contribution in [2.45, 2.75) is 52.6 Å². The van der Waals surface area contributed by atoms with Gasteiger partial charge in [0, 0.05) is 6.07 Å². The first-order valence-corrected chi connectivity index (χ1v) is 11.2. The second-order valence-corrected chi connectivity index (χ2v) is 9.20. The fourth-order valence-corrected chi connectivity index (χ4v) is 4.55. The Morgan fingerprint density at radius 2 is 1.69 bits per heavy atom. The van der Waals surface area contributed by atoms with Gasteiger partial charge in [-0.1, -0.05) is 55.8 Å². The van der Waals surface area contributed by atoms with Gasteiger partial charge in [0.1, 0.15) is 11.9 Å². The molecule has 0 saturated carbocycles. The molecule has 168 valence electrons. The molecule has 0 spiro atoms. The molecular weight excluding hydrogens is 404 g/mol. The zero-order chi connectivity index (χ0) is 22.8. The largest absolute Gasteiger partial charge is 0.309 e. The van der Waals surface area contributed by atoms with Crippen LogP contribution in [0.3, 0.4) is 0 Å². The van der Waals surface area contributed by atoms with E-state index in [-0.39, 0.29) is 35.5 Å². The molecule has 4 rings (SSSR count). The molecule has 2 aromatic rings. The summed E-state index contributed by atoms with van der Waals surface area (Å²) in [6.07, 6.45) is 7.08. The van der Waals surface area contributed by atoms with Crippen LogP contribution >= 0.6 is 0 Å². The van der Waals surface area contributed by atoms with Crippen molar-refractivity contribution in [1.82, 2.24) is 14.7 Å². The average molecular weight is 435 g/mol. The van der Waals surface area contributed by atoms with Crippen molar-refractivity contribution in [2.75, 3.05) is 5.32 Å². The lowest BCUT2D eigenvalue weighted by molar-refractivity contribution is -0.147. The summed E-state index contributed by atoms with van der Waals surface area (Å²) in [6, 6.07) is 9.03. The van der Waals surface area contributed by atoms with Crippen molar-refractivity contribution in [2.24, 2.45) is 17.8 Å². The van der Waals surface area contributed by atoms with E-state index in [0.717, 1.165) is 5.56 Å². The lowest BCUT2D eigenvalue weighted by Gasteiger charge is -2.27. The van der Waals surface area contributed by atoms with Crippen LogP contribution in [0.25, 0.3) is 0 Å². The van der Waals surface area contributed by atoms with Crippen molar-refractivity contribution < 1.29 is 14.4 Å². The van der Waals surface area contributed by atoms with E-state index in [2.05, 4.69) is 10.4 Å². The number of aryl methyl sites for hydroxylation is 1. The Balaban J connectivity index is 1.54. The molecule has 0 bridgehead atoms. The second-order valence-electron chi connectivity index (χ2n) is 9.20. The van der Waals surface area contributed by atoms with E-state index < -0.39 is 6.04 Å². The summed E-state index contributed by atoms with van der Waals surface area (Å²) in [5.74, 6) is -0.801. The predicted octanol–water partition coefficient (Wildman–Crippen LogP) is 3.54. The molecule has 7 heteroatoms. The fourth-order valence-electron chi connectivity index (χ4n) is 4.55. The van der Waals surface area contributed by atoms with Crippen molar-refractivity contribution in [3.05, 3.63) is 59.8 Å². The van der Waals surface area contributed by atoms with Crippen LogP contribution in [0.2, 0.25) is 0 Å². The van der Waals surface area contributed by atoms with E-state index in [0.29, 0.717) is 31.6 Å². The molecule has 1 N–H and O–H groups in total. The van der Waals surface area contributed by atoms with Gasteiger partial charge < -0.3 is 5.32 Å². The van der Waals surface area contributed by atoms with Crippen LogP contribution in [0.1, 0.15) is 44.2 Å². The first-order valence-electron chi connectivity index (χ1n) is 11.2. The minimum atomic E-state index is -0.830. The smallest absolute Gasteiger partial charge is 0.248 e. The van der Waals surface area contributed by atoms with Crippen molar-refractivity contribution in [3.63, 3.8) is 0 Å². The molecule has 2 aliphatic rings. The summed E-state index contributed by atoms with van der Waals surface area (Å²) >= 11 is 0. The fraction of sp³-hybridized carbons (Fsp3) is 0.440. The quantitative estimate of drug-likeness (QED) is 0.534. The highest BCUT2D eigenvalue weighted by Gasteiger charge is 2.51. The summed E-state index contributed by atoms with van der Waals surface area (Å²) < 4.78 is 1.71. The van der Waals surface area contributed by atoms with E-state index in [1.165, 1.54) is 10.5 Å². The maximum Gasteiger partial charge on any atom is 0.248 e. The number of allylic oxidation sites excluding steroid dienone is 2. The Labute approximate surface area is 188 Å². The molecule has 1 aromatic carbocycles. The summed E-state index contributed by atoms with van der Waals surface area (Å²) in [5.41, 5.74) is 2.24. The van der Waals surface area contributed by atoms with Gasteiger partial charge in [0.15, 0.2) is 0 Å². The highest BCUT2D eigenvalue weighted by atomic mass is 16.2. The van der Waals surface area contributed by atoms with Crippen LogP contribution in [0.15, 0.2) is 48.7 Å². The molecule has 3 unspecified atom stereocenters. The van der Waals surface area contributed by atoms with Gasteiger partial charge in [0.25, 0.3) is 0 Å². The van der Waals surface area contributed by atoms with E-state index in [9.17, 15) is 14.4 Å². The topological polar surface area (TPSA) is 84.3 Å². The molecule has 3 atom stereocenters. The highest BCUT2D eigenvalue weighted by Crippen LogP contribution is 2.37. The summed E-state index contributed by atoms with van der Waals surface area (Å²) in [4.78, 5) is 40.8. The zero-order valence-electron chi connectivity index (χ0n) is 18.8. The second kappa shape index (κ2) is 9.10. The standard InChI is InChI=1S/C25H30N4O3/c1-16(2)14-21(29-24(31)19-6-4-5-7-20(19)25(29)32)23(30)27-22-12-13-26-28(22)15-18-10-8-17(3)9-11-18/h4-5,8-13,16,19-21H,6-7,14-15H2,1-3H3,(H,27,30). The van der Waals surface area contributed by atoms with Crippen LogP contribution < -0.4 is 5.32 Å². The number of aromatic nitrogens is 2.